The third kappa shape index (κ3) is 3.86. The summed E-state index contributed by atoms with van der Waals surface area (Å²) in [5.74, 6) is 0. The zero-order valence-corrected chi connectivity index (χ0v) is 14.6. The molecule has 0 heterocycles. The Kier molecular flexibility index (Phi) is 4.87. The summed E-state index contributed by atoms with van der Waals surface area (Å²) in [6.07, 6.45) is 0. The molecule has 0 spiro atoms. The second-order valence-corrected chi connectivity index (χ2v) is 7.41. The SMILES string of the molecule is CC(=NNS(=O)(=O)c1ccc(C)cc1)c1cc(Br)ccc1N. The fraction of sp³-hybridized carbons (Fsp3) is 0.133. The summed E-state index contributed by atoms with van der Waals surface area (Å²) in [7, 11) is -3.69. The van der Waals surface area contributed by atoms with Crippen molar-refractivity contribution in [3.05, 3.63) is 58.1 Å². The Morgan fingerprint density at radius 3 is 2.45 bits per heavy atom. The highest BCUT2D eigenvalue weighted by molar-refractivity contribution is 9.10. The molecule has 0 bridgehead atoms. The lowest BCUT2D eigenvalue weighted by molar-refractivity contribution is 0.584. The van der Waals surface area contributed by atoms with Crippen LogP contribution in [-0.4, -0.2) is 14.1 Å². The molecule has 0 aliphatic carbocycles. The number of nitrogens with two attached hydrogens (primary N) is 1. The van der Waals surface area contributed by atoms with Crippen molar-refractivity contribution in [3.63, 3.8) is 0 Å². The Balaban J connectivity index is 2.26. The van der Waals surface area contributed by atoms with Gasteiger partial charge in [-0.1, -0.05) is 33.6 Å². The molecule has 22 heavy (non-hydrogen) atoms. The number of aryl methyl sites for hydroxylation is 1. The smallest absolute Gasteiger partial charge is 0.276 e. The van der Waals surface area contributed by atoms with Gasteiger partial charge in [0.1, 0.15) is 0 Å². The minimum atomic E-state index is -3.69. The van der Waals surface area contributed by atoms with Crippen molar-refractivity contribution in [2.24, 2.45) is 5.10 Å². The molecule has 116 valence electrons. The van der Waals surface area contributed by atoms with Crippen LogP contribution in [0.5, 0.6) is 0 Å². The van der Waals surface area contributed by atoms with Crippen molar-refractivity contribution in [2.45, 2.75) is 18.7 Å². The maximum absolute atomic E-state index is 12.2. The molecule has 3 N–H and O–H groups in total. The van der Waals surface area contributed by atoms with Gasteiger partial charge in [0.25, 0.3) is 10.0 Å². The molecule has 0 amide bonds. The van der Waals surface area contributed by atoms with Crippen LogP contribution in [0, 0.1) is 6.92 Å². The van der Waals surface area contributed by atoms with E-state index in [2.05, 4.69) is 25.9 Å². The predicted molar refractivity (Wildman–Crippen MR) is 92.3 cm³/mol. The molecule has 0 atom stereocenters. The van der Waals surface area contributed by atoms with Crippen molar-refractivity contribution in [1.82, 2.24) is 4.83 Å². The first-order valence-corrected chi connectivity index (χ1v) is 8.75. The maximum atomic E-state index is 12.2. The quantitative estimate of drug-likeness (QED) is 0.484. The highest BCUT2D eigenvalue weighted by atomic mass is 79.9. The van der Waals surface area contributed by atoms with Crippen molar-refractivity contribution >= 4 is 37.4 Å². The Morgan fingerprint density at radius 1 is 1.18 bits per heavy atom. The van der Waals surface area contributed by atoms with E-state index in [1.165, 1.54) is 12.1 Å². The van der Waals surface area contributed by atoms with Crippen molar-refractivity contribution in [2.75, 3.05) is 5.73 Å². The fourth-order valence-electron chi connectivity index (χ4n) is 1.80. The minimum absolute atomic E-state index is 0.164. The number of rotatable bonds is 4. The average Bonchev–Trinajstić information content (AvgIpc) is 2.48. The van der Waals surface area contributed by atoms with E-state index in [1.54, 1.807) is 31.2 Å². The second kappa shape index (κ2) is 6.50. The van der Waals surface area contributed by atoms with Crippen LogP contribution in [0.4, 0.5) is 5.69 Å². The highest BCUT2D eigenvalue weighted by Gasteiger charge is 2.13. The lowest BCUT2D eigenvalue weighted by Crippen LogP contribution is -2.20. The van der Waals surface area contributed by atoms with Gasteiger partial charge in [-0.15, -0.1) is 0 Å². The third-order valence-electron chi connectivity index (χ3n) is 3.07. The summed E-state index contributed by atoms with van der Waals surface area (Å²) in [6.45, 7) is 3.58. The van der Waals surface area contributed by atoms with Crippen LogP contribution < -0.4 is 10.6 Å². The predicted octanol–water partition coefficient (Wildman–Crippen LogP) is 3.04. The summed E-state index contributed by atoms with van der Waals surface area (Å²) in [4.78, 5) is 2.39. The molecule has 2 aromatic carbocycles. The molecular weight excluding hydrogens is 366 g/mol. The number of benzene rings is 2. The van der Waals surface area contributed by atoms with Crippen LogP contribution in [0.2, 0.25) is 0 Å². The standard InChI is InChI=1S/C15H16BrN3O2S/c1-10-3-6-13(7-4-10)22(20,21)19-18-11(2)14-9-12(16)5-8-15(14)17/h3-9,19H,17H2,1-2H3. The monoisotopic (exact) mass is 381 g/mol. The first-order chi connectivity index (χ1) is 10.3. The second-order valence-electron chi connectivity index (χ2n) is 4.84. The third-order valence-corrected chi connectivity index (χ3v) is 4.79. The highest BCUT2D eigenvalue weighted by Crippen LogP contribution is 2.19. The number of hydrogen-bond donors (Lipinski definition) is 2. The lowest BCUT2D eigenvalue weighted by atomic mass is 10.1. The number of nitrogens with zero attached hydrogens (tertiary/aromatic N) is 1. The van der Waals surface area contributed by atoms with Crippen molar-refractivity contribution < 1.29 is 8.42 Å². The van der Waals surface area contributed by atoms with E-state index in [4.69, 9.17) is 5.73 Å². The molecule has 0 radical (unpaired) electrons. The van der Waals surface area contributed by atoms with E-state index < -0.39 is 10.0 Å². The van der Waals surface area contributed by atoms with Crippen LogP contribution in [0.15, 0.2) is 56.9 Å². The van der Waals surface area contributed by atoms with Crippen LogP contribution in [-0.2, 0) is 10.0 Å². The summed E-state index contributed by atoms with van der Waals surface area (Å²) in [5.41, 5.74) is 8.54. The Hall–Kier alpha value is -1.86. The lowest BCUT2D eigenvalue weighted by Gasteiger charge is -2.08. The Morgan fingerprint density at radius 2 is 1.82 bits per heavy atom. The molecule has 2 rings (SSSR count). The fourth-order valence-corrected chi connectivity index (χ4v) is 3.02. The van der Waals surface area contributed by atoms with Gasteiger partial charge in [0.05, 0.1) is 10.6 Å². The normalized spacial score (nSPS) is 12.2. The van der Waals surface area contributed by atoms with Gasteiger partial charge in [-0.2, -0.15) is 18.4 Å². The molecule has 0 aliphatic heterocycles. The first kappa shape index (κ1) is 16.5. The van der Waals surface area contributed by atoms with Gasteiger partial charge < -0.3 is 5.73 Å². The molecule has 0 aliphatic rings. The van der Waals surface area contributed by atoms with Gasteiger partial charge >= 0.3 is 0 Å². The number of nitrogens with one attached hydrogen (secondary N) is 1. The molecule has 0 unspecified atom stereocenters. The molecular formula is C15H16BrN3O2S. The largest absolute Gasteiger partial charge is 0.398 e. The number of hydrazone groups is 1. The van der Waals surface area contributed by atoms with Crippen LogP contribution >= 0.6 is 15.9 Å². The molecule has 7 heteroatoms. The first-order valence-electron chi connectivity index (χ1n) is 6.48. The zero-order chi connectivity index (χ0) is 16.3. The van der Waals surface area contributed by atoms with E-state index >= 15 is 0 Å². The van der Waals surface area contributed by atoms with E-state index in [1.807, 2.05) is 13.0 Å². The average molecular weight is 382 g/mol. The molecule has 2 aromatic rings. The number of hydrogen-bond acceptors (Lipinski definition) is 4. The zero-order valence-electron chi connectivity index (χ0n) is 12.2. The Bertz CT molecular complexity index is 815. The van der Waals surface area contributed by atoms with Gasteiger partial charge in [0.2, 0.25) is 0 Å². The van der Waals surface area contributed by atoms with Gasteiger partial charge in [-0.05, 0) is 44.2 Å². The molecule has 0 aromatic heterocycles. The van der Waals surface area contributed by atoms with Gasteiger partial charge in [0, 0.05) is 15.7 Å². The summed E-state index contributed by atoms with van der Waals surface area (Å²) in [5, 5.41) is 3.94. The van der Waals surface area contributed by atoms with Crippen molar-refractivity contribution in [1.29, 1.82) is 0 Å². The summed E-state index contributed by atoms with van der Waals surface area (Å²) in [6, 6.07) is 11.9. The summed E-state index contributed by atoms with van der Waals surface area (Å²) >= 11 is 3.35. The van der Waals surface area contributed by atoms with Crippen LogP contribution in [0.1, 0.15) is 18.1 Å². The molecule has 0 saturated heterocycles. The summed E-state index contributed by atoms with van der Waals surface area (Å²) < 4.78 is 25.2. The Labute approximate surface area is 138 Å². The number of sulfonamides is 1. The van der Waals surface area contributed by atoms with Crippen molar-refractivity contribution in [3.8, 4) is 0 Å². The molecule has 0 fully saturated rings. The van der Waals surface area contributed by atoms with E-state index in [9.17, 15) is 8.42 Å². The van der Waals surface area contributed by atoms with E-state index in [0.29, 0.717) is 17.0 Å². The van der Waals surface area contributed by atoms with Gasteiger partial charge in [-0.25, -0.2) is 0 Å². The van der Waals surface area contributed by atoms with E-state index in [0.717, 1.165) is 10.0 Å². The number of nitrogen functional groups attached to an aromatic ring is 1. The van der Waals surface area contributed by atoms with Gasteiger partial charge in [0.15, 0.2) is 0 Å². The number of anilines is 1. The topological polar surface area (TPSA) is 84.5 Å². The van der Waals surface area contributed by atoms with Gasteiger partial charge in [-0.3, -0.25) is 0 Å². The minimum Gasteiger partial charge on any atom is -0.398 e. The maximum Gasteiger partial charge on any atom is 0.276 e. The van der Waals surface area contributed by atoms with Crippen LogP contribution in [0.25, 0.3) is 0 Å². The number of halogens is 1. The van der Waals surface area contributed by atoms with Crippen LogP contribution in [0.3, 0.4) is 0 Å². The molecule has 5 nitrogen and oxygen atoms in total. The molecule has 0 saturated carbocycles. The van der Waals surface area contributed by atoms with E-state index in [-0.39, 0.29) is 4.90 Å².